The Morgan fingerprint density at radius 2 is 2.12 bits per heavy atom. The molecule has 1 rings (SSSR count). The minimum absolute atomic E-state index is 0. The molecule has 16 heavy (non-hydrogen) atoms. The number of aryl methyl sites for hydroxylation is 1. The predicted molar refractivity (Wildman–Crippen MR) is 67.4 cm³/mol. The number of likely N-dealkylation sites (N-methyl/N-ethyl adjacent to an activating group) is 1. The molecule has 0 radical (unpaired) electrons. The minimum atomic E-state index is -0.0697. The van der Waals surface area contributed by atoms with Gasteiger partial charge in [-0.05, 0) is 24.5 Å². The summed E-state index contributed by atoms with van der Waals surface area (Å²) < 4.78 is 3.77. The average Bonchev–Trinajstić information content (AvgIpc) is 2.72. The van der Waals surface area contributed by atoms with E-state index in [2.05, 4.69) is 20.2 Å². The molecule has 0 aliphatic rings. The molecule has 2 N–H and O–H groups in total. The first kappa shape index (κ1) is 15.3. The van der Waals surface area contributed by atoms with Crippen molar-refractivity contribution >= 4 is 29.8 Å². The second-order valence-electron chi connectivity index (χ2n) is 3.01. The molecule has 1 heterocycles. The van der Waals surface area contributed by atoms with E-state index in [1.165, 1.54) is 0 Å². The third-order valence-electron chi connectivity index (χ3n) is 1.93. The summed E-state index contributed by atoms with van der Waals surface area (Å²) in [5, 5.41) is 9.85. The van der Waals surface area contributed by atoms with E-state index in [-0.39, 0.29) is 18.3 Å². The molecule has 1 aromatic rings. The normalized spacial score (nSPS) is 9.62. The van der Waals surface area contributed by atoms with Crippen LogP contribution in [0.25, 0.3) is 0 Å². The number of carbonyl (C=O) groups excluding carboxylic acids is 1. The molecule has 92 valence electrons. The highest BCUT2D eigenvalue weighted by atomic mass is 35.5. The van der Waals surface area contributed by atoms with Gasteiger partial charge in [-0.3, -0.25) is 4.79 Å². The molecule has 5 nitrogen and oxygen atoms in total. The third kappa shape index (κ3) is 4.42. The number of hydrogen-bond acceptors (Lipinski definition) is 5. The Balaban J connectivity index is 0.00000225. The maximum absolute atomic E-state index is 11.6. The van der Waals surface area contributed by atoms with Crippen molar-refractivity contribution < 1.29 is 4.79 Å². The van der Waals surface area contributed by atoms with Crippen LogP contribution in [0.1, 0.15) is 29.2 Å². The molecular formula is C9H17ClN4OS. The number of halogens is 1. The fourth-order valence-electron chi connectivity index (χ4n) is 1.13. The number of hydrogen-bond donors (Lipinski definition) is 2. The molecule has 0 bridgehead atoms. The second-order valence-corrected chi connectivity index (χ2v) is 3.77. The molecule has 0 atom stereocenters. The van der Waals surface area contributed by atoms with Gasteiger partial charge < -0.3 is 10.6 Å². The zero-order valence-corrected chi connectivity index (χ0v) is 11.1. The molecule has 0 unspecified atom stereocenters. The van der Waals surface area contributed by atoms with Crippen LogP contribution in [0.15, 0.2) is 0 Å². The molecule has 0 fully saturated rings. The van der Waals surface area contributed by atoms with Crippen LogP contribution in [-0.4, -0.2) is 35.1 Å². The SMILES string of the molecule is CCNCCNC(=O)c1snnc1CC.Cl. The summed E-state index contributed by atoms with van der Waals surface area (Å²) in [6.07, 6.45) is 0.743. The van der Waals surface area contributed by atoms with Crippen molar-refractivity contribution in [3.8, 4) is 0 Å². The van der Waals surface area contributed by atoms with E-state index < -0.39 is 0 Å². The molecule has 0 aromatic carbocycles. The van der Waals surface area contributed by atoms with Crippen LogP contribution in [0.2, 0.25) is 0 Å². The van der Waals surface area contributed by atoms with Crippen molar-refractivity contribution in [2.24, 2.45) is 0 Å². The second kappa shape index (κ2) is 8.43. The Morgan fingerprint density at radius 3 is 2.75 bits per heavy atom. The van der Waals surface area contributed by atoms with Gasteiger partial charge >= 0.3 is 0 Å². The summed E-state index contributed by atoms with van der Waals surface area (Å²) >= 11 is 1.15. The van der Waals surface area contributed by atoms with Crippen molar-refractivity contribution in [1.82, 2.24) is 20.2 Å². The Morgan fingerprint density at radius 1 is 1.38 bits per heavy atom. The van der Waals surface area contributed by atoms with Crippen molar-refractivity contribution in [3.05, 3.63) is 10.6 Å². The molecule has 1 aromatic heterocycles. The average molecular weight is 265 g/mol. The number of aromatic nitrogens is 2. The lowest BCUT2D eigenvalue weighted by atomic mass is 10.3. The quantitative estimate of drug-likeness (QED) is 0.748. The summed E-state index contributed by atoms with van der Waals surface area (Å²) in [6.45, 7) is 6.33. The number of nitrogens with zero attached hydrogens (tertiary/aromatic N) is 2. The van der Waals surface area contributed by atoms with Gasteiger partial charge in [-0.1, -0.05) is 18.3 Å². The first-order valence-electron chi connectivity index (χ1n) is 5.09. The van der Waals surface area contributed by atoms with Crippen molar-refractivity contribution in [1.29, 1.82) is 0 Å². The van der Waals surface area contributed by atoms with Gasteiger partial charge in [0, 0.05) is 13.1 Å². The number of amides is 1. The highest BCUT2D eigenvalue weighted by Crippen LogP contribution is 2.10. The smallest absolute Gasteiger partial charge is 0.264 e. The summed E-state index contributed by atoms with van der Waals surface area (Å²) in [6, 6.07) is 0. The molecular weight excluding hydrogens is 248 g/mol. The van der Waals surface area contributed by atoms with Crippen LogP contribution in [0, 0.1) is 0 Å². The lowest BCUT2D eigenvalue weighted by Crippen LogP contribution is -2.31. The molecule has 7 heteroatoms. The van der Waals surface area contributed by atoms with Crippen LogP contribution >= 0.6 is 23.9 Å². The van der Waals surface area contributed by atoms with Crippen LogP contribution < -0.4 is 10.6 Å². The Labute approximate surface area is 106 Å². The van der Waals surface area contributed by atoms with Crippen molar-refractivity contribution in [2.75, 3.05) is 19.6 Å². The van der Waals surface area contributed by atoms with Crippen LogP contribution in [0.3, 0.4) is 0 Å². The first-order valence-corrected chi connectivity index (χ1v) is 5.87. The summed E-state index contributed by atoms with van der Waals surface area (Å²) in [4.78, 5) is 12.3. The summed E-state index contributed by atoms with van der Waals surface area (Å²) in [7, 11) is 0. The van der Waals surface area contributed by atoms with Gasteiger partial charge in [0.05, 0.1) is 5.69 Å². The fraction of sp³-hybridized carbons (Fsp3) is 0.667. The fourth-order valence-corrected chi connectivity index (χ4v) is 1.80. The van der Waals surface area contributed by atoms with Gasteiger partial charge in [-0.25, -0.2) is 0 Å². The molecule has 0 saturated heterocycles. The highest BCUT2D eigenvalue weighted by molar-refractivity contribution is 7.08. The number of rotatable bonds is 6. The van der Waals surface area contributed by atoms with Crippen molar-refractivity contribution in [2.45, 2.75) is 20.3 Å². The molecule has 0 saturated carbocycles. The van der Waals surface area contributed by atoms with Gasteiger partial charge in [0.25, 0.3) is 5.91 Å². The Hall–Kier alpha value is -0.720. The molecule has 0 aliphatic heterocycles. The summed E-state index contributed by atoms with van der Waals surface area (Å²) in [5.41, 5.74) is 0.779. The topological polar surface area (TPSA) is 66.9 Å². The number of carbonyl (C=O) groups is 1. The summed E-state index contributed by atoms with van der Waals surface area (Å²) in [5.74, 6) is -0.0697. The molecule has 0 aliphatic carbocycles. The number of nitrogens with one attached hydrogen (secondary N) is 2. The van der Waals surface area contributed by atoms with E-state index in [9.17, 15) is 4.79 Å². The zero-order valence-electron chi connectivity index (χ0n) is 9.45. The minimum Gasteiger partial charge on any atom is -0.350 e. The van der Waals surface area contributed by atoms with Crippen LogP contribution in [0.4, 0.5) is 0 Å². The Bertz CT molecular complexity index is 318. The largest absolute Gasteiger partial charge is 0.350 e. The van der Waals surface area contributed by atoms with E-state index in [4.69, 9.17) is 0 Å². The van der Waals surface area contributed by atoms with E-state index >= 15 is 0 Å². The van der Waals surface area contributed by atoms with Crippen LogP contribution in [-0.2, 0) is 6.42 Å². The molecule has 0 spiro atoms. The Kier molecular flexibility index (Phi) is 8.05. The van der Waals surface area contributed by atoms with E-state index in [0.29, 0.717) is 11.4 Å². The highest BCUT2D eigenvalue weighted by Gasteiger charge is 2.13. The van der Waals surface area contributed by atoms with Gasteiger partial charge in [-0.15, -0.1) is 17.5 Å². The van der Waals surface area contributed by atoms with Gasteiger partial charge in [-0.2, -0.15) is 0 Å². The van der Waals surface area contributed by atoms with E-state index in [1.807, 2.05) is 13.8 Å². The monoisotopic (exact) mass is 264 g/mol. The predicted octanol–water partition coefficient (Wildman–Crippen LogP) is 0.862. The third-order valence-corrected chi connectivity index (χ3v) is 2.70. The van der Waals surface area contributed by atoms with Gasteiger partial charge in [0.15, 0.2) is 0 Å². The lowest BCUT2D eigenvalue weighted by Gasteiger charge is -2.03. The maximum atomic E-state index is 11.6. The van der Waals surface area contributed by atoms with E-state index in [1.54, 1.807) is 0 Å². The molecule has 1 amide bonds. The van der Waals surface area contributed by atoms with Crippen LogP contribution in [0.5, 0.6) is 0 Å². The van der Waals surface area contributed by atoms with E-state index in [0.717, 1.165) is 36.7 Å². The first-order chi connectivity index (χ1) is 7.29. The van der Waals surface area contributed by atoms with Gasteiger partial charge in [0.1, 0.15) is 4.88 Å². The van der Waals surface area contributed by atoms with Gasteiger partial charge in [0.2, 0.25) is 0 Å². The standard InChI is InChI=1S/C9H16N4OS.ClH/c1-3-7-8(15-13-12-7)9(14)11-6-5-10-4-2;/h10H,3-6H2,1-2H3,(H,11,14);1H. The zero-order chi connectivity index (χ0) is 11.1. The maximum Gasteiger partial charge on any atom is 0.264 e. The lowest BCUT2D eigenvalue weighted by molar-refractivity contribution is 0.0957. The van der Waals surface area contributed by atoms with Crippen molar-refractivity contribution in [3.63, 3.8) is 0 Å².